The van der Waals surface area contributed by atoms with Gasteiger partial charge in [-0.05, 0) is 55.5 Å². The van der Waals surface area contributed by atoms with Gasteiger partial charge in [-0.3, -0.25) is 4.79 Å². The smallest absolute Gasteiger partial charge is 0.326 e. The number of nitrogens with zero attached hydrogens (tertiary/aromatic N) is 2. The number of carboxylic acid groups (broad SMARTS) is 1. The summed E-state index contributed by atoms with van der Waals surface area (Å²) in [5.74, 6) is 0.760. The largest absolute Gasteiger partial charge is 0.480 e. The summed E-state index contributed by atoms with van der Waals surface area (Å²) in [4.78, 5) is 29.7. The summed E-state index contributed by atoms with van der Waals surface area (Å²) in [6.07, 6.45) is 10.2. The molecule has 1 aliphatic rings. The van der Waals surface area contributed by atoms with Crippen molar-refractivity contribution in [2.24, 2.45) is 5.92 Å². The molecule has 7 nitrogen and oxygen atoms in total. The van der Waals surface area contributed by atoms with Crippen molar-refractivity contribution >= 4 is 22.9 Å². The van der Waals surface area contributed by atoms with Crippen LogP contribution in [-0.2, 0) is 11.2 Å². The van der Waals surface area contributed by atoms with Crippen LogP contribution in [0.15, 0.2) is 41.0 Å². The molecule has 34 heavy (non-hydrogen) atoms. The normalized spacial score (nSPS) is 15.6. The van der Waals surface area contributed by atoms with E-state index >= 15 is 0 Å². The Morgan fingerprint density at radius 1 is 1.18 bits per heavy atom. The van der Waals surface area contributed by atoms with Gasteiger partial charge in [0.25, 0.3) is 5.91 Å². The molecule has 0 unspecified atom stereocenters. The average molecular weight is 466 g/mol. The number of rotatable bonds is 10. The van der Waals surface area contributed by atoms with Crippen molar-refractivity contribution in [1.82, 2.24) is 14.9 Å². The van der Waals surface area contributed by atoms with E-state index in [0.717, 1.165) is 61.1 Å². The van der Waals surface area contributed by atoms with Crippen LogP contribution in [-0.4, -0.2) is 32.6 Å². The molecule has 0 spiro atoms. The van der Waals surface area contributed by atoms with Gasteiger partial charge >= 0.3 is 5.97 Å². The van der Waals surface area contributed by atoms with Gasteiger partial charge in [-0.25, -0.2) is 9.78 Å². The lowest BCUT2D eigenvalue weighted by Crippen LogP contribution is -2.42. The molecule has 7 heteroatoms. The lowest BCUT2D eigenvalue weighted by Gasteiger charge is -2.25. The number of nitrogens with one attached hydrogen (secondary N) is 1. The number of furan rings is 1. The van der Waals surface area contributed by atoms with Crippen molar-refractivity contribution < 1.29 is 19.1 Å². The number of carbonyl (C=O) groups excluding carboxylic acids is 1. The van der Waals surface area contributed by atoms with Crippen molar-refractivity contribution in [1.29, 1.82) is 0 Å². The molecule has 0 radical (unpaired) electrons. The Balaban J connectivity index is 1.59. The van der Waals surface area contributed by atoms with Gasteiger partial charge in [0.1, 0.15) is 17.6 Å². The quantitative estimate of drug-likeness (QED) is 0.398. The minimum Gasteiger partial charge on any atom is -0.480 e. The number of carboxylic acids is 1. The van der Waals surface area contributed by atoms with Gasteiger partial charge in [-0.2, -0.15) is 0 Å². The van der Waals surface area contributed by atoms with Crippen LogP contribution >= 0.6 is 0 Å². The van der Waals surface area contributed by atoms with Crippen LogP contribution < -0.4 is 5.32 Å². The highest BCUT2D eigenvalue weighted by Gasteiger charge is 2.26. The van der Waals surface area contributed by atoms with E-state index in [1.807, 2.05) is 18.2 Å². The molecular formula is C27H35N3O4. The molecule has 2 N–H and O–H groups in total. The van der Waals surface area contributed by atoms with Crippen molar-refractivity contribution in [3.8, 4) is 0 Å². The number of benzene rings is 1. The molecule has 0 aliphatic heterocycles. The van der Waals surface area contributed by atoms with E-state index in [0.29, 0.717) is 30.4 Å². The Morgan fingerprint density at radius 2 is 1.94 bits per heavy atom. The Morgan fingerprint density at radius 3 is 2.59 bits per heavy atom. The van der Waals surface area contributed by atoms with Gasteiger partial charge in [0, 0.05) is 11.6 Å². The molecule has 1 aliphatic carbocycles. The zero-order chi connectivity index (χ0) is 24.1. The van der Waals surface area contributed by atoms with Crippen molar-refractivity contribution in [2.45, 2.75) is 83.7 Å². The van der Waals surface area contributed by atoms with E-state index in [1.165, 1.54) is 6.42 Å². The Kier molecular flexibility index (Phi) is 7.70. The predicted molar refractivity (Wildman–Crippen MR) is 131 cm³/mol. The molecule has 182 valence electrons. The molecule has 1 saturated carbocycles. The highest BCUT2D eigenvalue weighted by Crippen LogP contribution is 2.29. The maximum atomic E-state index is 13.0. The molecular weight excluding hydrogens is 430 g/mol. The monoisotopic (exact) mass is 465 g/mol. The zero-order valence-corrected chi connectivity index (χ0v) is 20.1. The first-order chi connectivity index (χ1) is 16.5. The first-order valence-corrected chi connectivity index (χ1v) is 12.6. The van der Waals surface area contributed by atoms with E-state index in [2.05, 4.69) is 23.7 Å². The molecule has 3 aromatic rings. The number of hydrogen-bond acceptors (Lipinski definition) is 4. The third-order valence-corrected chi connectivity index (χ3v) is 7.14. The summed E-state index contributed by atoms with van der Waals surface area (Å²) in [5, 5.41) is 12.5. The third kappa shape index (κ3) is 5.34. The number of amides is 1. The van der Waals surface area contributed by atoms with E-state index in [4.69, 9.17) is 9.40 Å². The Labute approximate surface area is 200 Å². The van der Waals surface area contributed by atoms with E-state index < -0.39 is 12.0 Å². The predicted octanol–water partition coefficient (Wildman–Crippen LogP) is 5.73. The van der Waals surface area contributed by atoms with Crippen LogP contribution in [0.2, 0.25) is 0 Å². The molecule has 1 aromatic carbocycles. The second kappa shape index (κ2) is 10.9. The lowest BCUT2D eigenvalue weighted by molar-refractivity contribution is -0.139. The van der Waals surface area contributed by atoms with Crippen LogP contribution in [0.3, 0.4) is 0 Å². The molecule has 1 fully saturated rings. The zero-order valence-electron chi connectivity index (χ0n) is 20.1. The first kappa shape index (κ1) is 24.0. The van der Waals surface area contributed by atoms with Crippen LogP contribution in [0.25, 0.3) is 11.0 Å². The highest BCUT2D eigenvalue weighted by molar-refractivity contribution is 5.99. The summed E-state index contributed by atoms with van der Waals surface area (Å²) in [6, 6.07) is 8.70. The second-order valence-corrected chi connectivity index (χ2v) is 9.43. The number of fused-ring (bicyclic) bond motifs is 1. The minimum absolute atomic E-state index is 0.293. The summed E-state index contributed by atoms with van der Waals surface area (Å²) >= 11 is 0. The lowest BCUT2D eigenvalue weighted by atomic mass is 9.85. The minimum atomic E-state index is -0.973. The van der Waals surface area contributed by atoms with Gasteiger partial charge in [0.15, 0.2) is 0 Å². The van der Waals surface area contributed by atoms with Crippen LogP contribution in [0.1, 0.15) is 93.2 Å². The fourth-order valence-corrected chi connectivity index (χ4v) is 5.26. The van der Waals surface area contributed by atoms with E-state index in [-0.39, 0.29) is 5.91 Å². The SMILES string of the molecule is CCC(CC)n1c(Cc2ccco2)nc2cc(C(=O)N[C@H](CC3CCCCC3)C(=O)O)ccc21. The number of aromatic nitrogens is 2. The van der Waals surface area contributed by atoms with Gasteiger partial charge in [-0.15, -0.1) is 0 Å². The number of aliphatic carboxylic acids is 1. The topological polar surface area (TPSA) is 97.4 Å². The molecule has 0 saturated heterocycles. The van der Waals surface area contributed by atoms with Crippen LogP contribution in [0.5, 0.6) is 0 Å². The fraction of sp³-hybridized carbons (Fsp3) is 0.519. The standard InChI is InChI=1S/C27H35N3O4/c1-3-20(4-2)30-24-13-12-19(16-22(24)28-25(30)17-21-11-8-14-34-21)26(31)29-23(27(32)33)15-18-9-6-5-7-10-18/h8,11-14,16,18,20,23H,3-7,9-10,15,17H2,1-2H3,(H,29,31)(H,32,33)/t23-/m1/s1. The second-order valence-electron chi connectivity index (χ2n) is 9.43. The van der Waals surface area contributed by atoms with Crippen LogP contribution in [0.4, 0.5) is 0 Å². The first-order valence-electron chi connectivity index (χ1n) is 12.6. The van der Waals surface area contributed by atoms with Gasteiger partial charge in [0.05, 0.1) is 23.7 Å². The van der Waals surface area contributed by atoms with Gasteiger partial charge in [-0.1, -0.05) is 46.0 Å². The fourth-order valence-electron chi connectivity index (χ4n) is 5.26. The van der Waals surface area contributed by atoms with E-state index in [1.54, 1.807) is 18.4 Å². The molecule has 2 aromatic heterocycles. The van der Waals surface area contributed by atoms with Crippen molar-refractivity contribution in [3.63, 3.8) is 0 Å². The third-order valence-electron chi connectivity index (χ3n) is 7.14. The molecule has 0 bridgehead atoms. The summed E-state index contributed by atoms with van der Waals surface area (Å²) < 4.78 is 7.81. The van der Waals surface area contributed by atoms with E-state index in [9.17, 15) is 14.7 Å². The summed E-state index contributed by atoms with van der Waals surface area (Å²) in [5.41, 5.74) is 2.14. The number of imidazole rings is 1. The number of hydrogen-bond donors (Lipinski definition) is 2. The molecule has 1 amide bonds. The maximum absolute atomic E-state index is 13.0. The molecule has 1 atom stereocenters. The summed E-state index contributed by atoms with van der Waals surface area (Å²) in [7, 11) is 0. The molecule has 2 heterocycles. The van der Waals surface area contributed by atoms with Gasteiger partial charge in [0.2, 0.25) is 0 Å². The average Bonchev–Trinajstić information content (AvgIpc) is 3.48. The van der Waals surface area contributed by atoms with Crippen LogP contribution in [0, 0.1) is 5.92 Å². The maximum Gasteiger partial charge on any atom is 0.326 e. The Bertz CT molecular complexity index is 1110. The Hall–Kier alpha value is -3.09. The van der Waals surface area contributed by atoms with Crippen molar-refractivity contribution in [2.75, 3.05) is 0 Å². The van der Waals surface area contributed by atoms with Crippen molar-refractivity contribution in [3.05, 3.63) is 53.7 Å². The molecule has 4 rings (SSSR count). The number of carbonyl (C=O) groups is 2. The van der Waals surface area contributed by atoms with Gasteiger partial charge < -0.3 is 19.4 Å². The summed E-state index contributed by atoms with van der Waals surface area (Å²) in [6.45, 7) is 4.33. The highest BCUT2D eigenvalue weighted by atomic mass is 16.4.